The van der Waals surface area contributed by atoms with Gasteiger partial charge in [0.25, 0.3) is 17.1 Å². The third kappa shape index (κ3) is 11.3. The molecule has 3 rings (SSSR count). The highest BCUT2D eigenvalue weighted by molar-refractivity contribution is 5.79. The number of anilines is 2. The lowest BCUT2D eigenvalue weighted by Gasteiger charge is -2.28. The second kappa shape index (κ2) is 19.4. The molecule has 0 unspecified atom stereocenters. The Hall–Kier alpha value is -4.94. The van der Waals surface area contributed by atoms with Crippen LogP contribution in [0.4, 0.5) is 60.5 Å². The molecule has 0 aromatic heterocycles. The molecule has 24 heteroatoms. The van der Waals surface area contributed by atoms with E-state index in [1.807, 2.05) is 0 Å². The Morgan fingerprint density at radius 3 is 1.57 bits per heavy atom. The van der Waals surface area contributed by atoms with Gasteiger partial charge in [-0.3, -0.25) is 40.5 Å². The van der Waals surface area contributed by atoms with Crippen molar-refractivity contribution in [2.24, 2.45) is 0 Å². The fraction of sp³-hybridized carbons (Fsp3) is 0.600. The number of nitrogens with zero attached hydrogens (tertiary/aromatic N) is 6. The minimum atomic E-state index is -4.98. The van der Waals surface area contributed by atoms with Gasteiger partial charge >= 0.3 is 18.0 Å². The van der Waals surface area contributed by atoms with Gasteiger partial charge in [0.2, 0.25) is 6.41 Å². The molecule has 2 aromatic rings. The Morgan fingerprint density at radius 1 is 0.741 bits per heavy atom. The fourth-order valence-corrected chi connectivity index (χ4v) is 5.41. The van der Waals surface area contributed by atoms with Crippen molar-refractivity contribution in [3.8, 4) is 0 Å². The van der Waals surface area contributed by atoms with E-state index in [9.17, 15) is 66.8 Å². The lowest BCUT2D eigenvalue weighted by atomic mass is 10.0. The number of hydrogen-bond acceptors (Lipinski definition) is 14. The molecule has 18 nitrogen and oxygen atoms in total. The maximum Gasteiger partial charge on any atom is 0.417 e. The summed E-state index contributed by atoms with van der Waals surface area (Å²) in [4.78, 5) is 44.0. The van der Waals surface area contributed by atoms with Crippen molar-refractivity contribution >= 4 is 34.1 Å². The molecule has 1 fully saturated rings. The third-order valence-corrected chi connectivity index (χ3v) is 7.48. The van der Waals surface area contributed by atoms with E-state index in [0.717, 1.165) is 11.8 Å². The van der Waals surface area contributed by atoms with Crippen LogP contribution in [0.25, 0.3) is 0 Å². The van der Waals surface area contributed by atoms with Crippen molar-refractivity contribution in [2.45, 2.75) is 72.5 Å². The predicted octanol–water partition coefficient (Wildman–Crippen LogP) is 7.51. The summed E-state index contributed by atoms with van der Waals surface area (Å²) in [5.41, 5.74) is -8.66. The summed E-state index contributed by atoms with van der Waals surface area (Å²) < 4.78 is 100. The lowest BCUT2D eigenvalue weighted by molar-refractivity contribution is -0.393. The number of nitro benzene ring substituents is 4. The summed E-state index contributed by atoms with van der Waals surface area (Å²) in [6.07, 6.45) is -11.1. The van der Waals surface area contributed by atoms with E-state index >= 15 is 0 Å². The van der Waals surface area contributed by atoms with E-state index in [0.29, 0.717) is 31.0 Å². The van der Waals surface area contributed by atoms with Gasteiger partial charge in [0.15, 0.2) is 17.7 Å². The molecular formula is C30H38F6N6O12. The minimum absolute atomic E-state index is 0.0527. The van der Waals surface area contributed by atoms with E-state index < -0.39 is 95.6 Å². The van der Waals surface area contributed by atoms with Gasteiger partial charge in [-0.15, -0.1) is 0 Å². The fourth-order valence-electron chi connectivity index (χ4n) is 5.41. The molecule has 1 saturated heterocycles. The molecule has 0 aliphatic carbocycles. The van der Waals surface area contributed by atoms with Crippen LogP contribution in [0, 0.1) is 47.4 Å². The molecule has 54 heavy (non-hydrogen) atoms. The number of alkyl halides is 6. The predicted molar refractivity (Wildman–Crippen MR) is 177 cm³/mol. The van der Waals surface area contributed by atoms with Crippen LogP contribution in [-0.2, 0) is 31.3 Å². The Morgan fingerprint density at radius 2 is 1.20 bits per heavy atom. The summed E-state index contributed by atoms with van der Waals surface area (Å²) in [6, 6.07) is 0.929. The Bertz CT molecular complexity index is 1620. The van der Waals surface area contributed by atoms with Crippen molar-refractivity contribution in [3.05, 3.63) is 75.3 Å². The molecule has 0 N–H and O–H groups in total. The van der Waals surface area contributed by atoms with Gasteiger partial charge in [-0.2, -0.15) is 26.3 Å². The van der Waals surface area contributed by atoms with Gasteiger partial charge in [0.05, 0.1) is 50.6 Å². The highest BCUT2D eigenvalue weighted by Gasteiger charge is 2.44. The molecule has 0 amide bonds. The number of benzene rings is 2. The molecule has 1 aliphatic heterocycles. The SMILES string of the molecule is CCCN(CC(OCC)OCC)c1c([N+](=O)[O-])cc(C(F)(F)F)cc1[N+](=O)[O-].CCCN(c1c([N+](=O)[O-])cc(C(F)(F)F)c(C)c1[N+](=O)[O-])C1OCCO1. The highest BCUT2D eigenvalue weighted by atomic mass is 19.4. The number of rotatable bonds is 17. The van der Waals surface area contributed by atoms with Crippen molar-refractivity contribution in [1.82, 2.24) is 0 Å². The van der Waals surface area contributed by atoms with Crippen LogP contribution in [0.1, 0.15) is 57.2 Å². The molecule has 0 bridgehead atoms. The zero-order valence-electron chi connectivity index (χ0n) is 29.6. The van der Waals surface area contributed by atoms with Crippen LogP contribution in [0.2, 0.25) is 0 Å². The van der Waals surface area contributed by atoms with E-state index in [1.54, 1.807) is 27.7 Å². The zero-order valence-corrected chi connectivity index (χ0v) is 29.6. The highest BCUT2D eigenvalue weighted by Crippen LogP contribution is 2.47. The third-order valence-electron chi connectivity index (χ3n) is 7.48. The quantitative estimate of drug-likeness (QED) is 0.0656. The second-order valence-electron chi connectivity index (χ2n) is 11.2. The maximum atomic E-state index is 13.2. The van der Waals surface area contributed by atoms with Crippen LogP contribution in [0.3, 0.4) is 0 Å². The maximum absolute atomic E-state index is 13.2. The first-order valence-electron chi connectivity index (χ1n) is 16.2. The first-order chi connectivity index (χ1) is 25.2. The first-order valence-corrected chi connectivity index (χ1v) is 16.2. The molecule has 0 radical (unpaired) electrons. The standard InChI is InChI=1S/C16H22F3N3O6.C14H16F3N3O6/c1-4-7-20(10-14(27-5-2)28-6-3)15-12(21(23)24)8-11(16(17,18)19)9-13(15)22(25)26;1-3-4-18(13-25-5-6-26-13)12-10(19(21)22)7-9(14(15,16)17)8(2)11(12)20(23)24/h8-9,14H,4-7,10H2,1-3H3;7,13H,3-6H2,1-2H3. The van der Waals surface area contributed by atoms with E-state index in [1.165, 1.54) is 4.90 Å². The summed E-state index contributed by atoms with van der Waals surface area (Å²) in [7, 11) is 0. The normalized spacial score (nSPS) is 13.4. The van der Waals surface area contributed by atoms with Gasteiger partial charge in [-0.25, -0.2) is 0 Å². The second-order valence-corrected chi connectivity index (χ2v) is 11.2. The van der Waals surface area contributed by atoms with E-state index in [-0.39, 0.29) is 46.1 Å². The Labute approximate surface area is 303 Å². The monoisotopic (exact) mass is 788 g/mol. The molecule has 1 aliphatic rings. The number of ether oxygens (including phenoxy) is 4. The number of halogens is 6. The first kappa shape index (κ1) is 45.2. The van der Waals surface area contributed by atoms with Crippen molar-refractivity contribution in [1.29, 1.82) is 0 Å². The molecule has 0 atom stereocenters. The van der Waals surface area contributed by atoms with Gasteiger partial charge in [0.1, 0.15) is 0 Å². The summed E-state index contributed by atoms with van der Waals surface area (Å²) in [5, 5.41) is 45.8. The van der Waals surface area contributed by atoms with Gasteiger partial charge in [-0.05, 0) is 33.6 Å². The topological polar surface area (TPSA) is 216 Å². The van der Waals surface area contributed by atoms with E-state index in [4.69, 9.17) is 18.9 Å². The largest absolute Gasteiger partial charge is 0.417 e. The van der Waals surface area contributed by atoms with Gasteiger partial charge in [0, 0.05) is 50.1 Å². The van der Waals surface area contributed by atoms with E-state index in [2.05, 4.69) is 0 Å². The smallest absolute Gasteiger partial charge is 0.355 e. The average Bonchev–Trinajstić information content (AvgIpc) is 3.60. The minimum Gasteiger partial charge on any atom is -0.355 e. The summed E-state index contributed by atoms with van der Waals surface area (Å²) in [5.74, 6) is 0. The lowest BCUT2D eigenvalue weighted by Crippen LogP contribution is -2.38. The molecule has 0 spiro atoms. The van der Waals surface area contributed by atoms with Crippen LogP contribution in [0.5, 0.6) is 0 Å². The molecule has 302 valence electrons. The van der Waals surface area contributed by atoms with Gasteiger partial charge in [-0.1, -0.05) is 13.8 Å². The van der Waals surface area contributed by atoms with Crippen molar-refractivity contribution in [2.75, 3.05) is 55.9 Å². The Kier molecular flexibility index (Phi) is 16.2. The number of nitro groups is 4. The van der Waals surface area contributed by atoms with Crippen molar-refractivity contribution < 1.29 is 65.0 Å². The molecule has 2 aromatic carbocycles. The van der Waals surface area contributed by atoms with Crippen LogP contribution in [-0.4, -0.2) is 78.5 Å². The summed E-state index contributed by atoms with van der Waals surface area (Å²) in [6.45, 7) is 8.60. The van der Waals surface area contributed by atoms with Crippen LogP contribution in [0.15, 0.2) is 18.2 Å². The van der Waals surface area contributed by atoms with Crippen molar-refractivity contribution in [3.63, 3.8) is 0 Å². The van der Waals surface area contributed by atoms with Gasteiger partial charge < -0.3 is 28.7 Å². The molecular weight excluding hydrogens is 750 g/mol. The van der Waals surface area contributed by atoms with Crippen LogP contribution >= 0.6 is 0 Å². The average molecular weight is 789 g/mol. The molecule has 1 heterocycles. The zero-order chi connectivity index (χ0) is 41.1. The number of hydrogen-bond donors (Lipinski definition) is 0. The van der Waals surface area contributed by atoms with Crippen LogP contribution < -0.4 is 9.80 Å². The Balaban J connectivity index is 0.000000374. The molecule has 0 saturated carbocycles. The summed E-state index contributed by atoms with van der Waals surface area (Å²) >= 11 is 0.